The lowest BCUT2D eigenvalue weighted by atomic mass is 10.1. The van der Waals surface area contributed by atoms with Crippen molar-refractivity contribution in [2.45, 2.75) is 38.2 Å². The van der Waals surface area contributed by atoms with E-state index >= 15 is 0 Å². The molecule has 0 bridgehead atoms. The van der Waals surface area contributed by atoms with Crippen LogP contribution >= 0.6 is 11.3 Å². The summed E-state index contributed by atoms with van der Waals surface area (Å²) in [4.78, 5) is 18.4. The molecule has 1 aliphatic heterocycles. The van der Waals surface area contributed by atoms with Gasteiger partial charge in [-0.05, 0) is 42.8 Å². The molecule has 1 N–H and O–H groups in total. The van der Waals surface area contributed by atoms with E-state index in [9.17, 15) is 13.2 Å². The maximum atomic E-state index is 12.9. The smallest absolute Gasteiger partial charge is 0.257 e. The van der Waals surface area contributed by atoms with Gasteiger partial charge in [0.2, 0.25) is 10.0 Å². The number of thiazole rings is 1. The number of carbonyl (C=O) groups is 1. The molecule has 0 spiro atoms. The minimum Gasteiger partial charge on any atom is -0.487 e. The van der Waals surface area contributed by atoms with Crippen LogP contribution in [-0.4, -0.2) is 36.7 Å². The summed E-state index contributed by atoms with van der Waals surface area (Å²) < 4.78 is 32.9. The molecule has 32 heavy (non-hydrogen) atoms. The van der Waals surface area contributed by atoms with Crippen LogP contribution in [0.15, 0.2) is 53.4 Å². The fourth-order valence-electron chi connectivity index (χ4n) is 3.52. The van der Waals surface area contributed by atoms with Gasteiger partial charge in [0.15, 0.2) is 5.13 Å². The van der Waals surface area contributed by atoms with E-state index in [-0.39, 0.29) is 10.8 Å². The summed E-state index contributed by atoms with van der Waals surface area (Å²) in [5.74, 6) is 0.438. The van der Waals surface area contributed by atoms with E-state index in [2.05, 4.69) is 10.3 Å². The molecule has 0 radical (unpaired) electrons. The number of carbonyl (C=O) groups excluding carboxylic acids is 1. The monoisotopic (exact) mass is 471 g/mol. The van der Waals surface area contributed by atoms with Gasteiger partial charge in [0.1, 0.15) is 12.4 Å². The Hall–Kier alpha value is -2.75. The van der Waals surface area contributed by atoms with E-state index in [1.165, 1.54) is 39.9 Å². The summed E-state index contributed by atoms with van der Waals surface area (Å²) in [5.41, 5.74) is 2.09. The quantitative estimate of drug-likeness (QED) is 0.511. The number of hydrogen-bond donors (Lipinski definition) is 1. The molecule has 0 saturated carbocycles. The van der Waals surface area contributed by atoms with Gasteiger partial charge in [-0.25, -0.2) is 13.4 Å². The molecule has 4 rings (SSSR count). The van der Waals surface area contributed by atoms with Crippen molar-refractivity contribution < 1.29 is 17.9 Å². The van der Waals surface area contributed by atoms with Crippen molar-refractivity contribution in [2.75, 3.05) is 18.4 Å². The van der Waals surface area contributed by atoms with Crippen LogP contribution < -0.4 is 10.1 Å². The highest BCUT2D eigenvalue weighted by molar-refractivity contribution is 7.89. The standard InChI is InChI=1S/C23H25N3O4S2/c1-3-5-14-26(4-2)32(28,29)17-12-10-16(11-13-17)22(27)25-23-24-21-18-8-6-7-9-19(18)30-15-20(21)31-23/h6-13H,3-5,14-15H2,1-2H3,(H,24,25,27). The van der Waals surface area contributed by atoms with Crippen LogP contribution in [0.1, 0.15) is 41.9 Å². The fraction of sp³-hybridized carbons (Fsp3) is 0.304. The van der Waals surface area contributed by atoms with Crippen LogP contribution in [0, 0.1) is 0 Å². The number of para-hydroxylation sites is 1. The molecule has 1 amide bonds. The Balaban J connectivity index is 1.49. The molecule has 1 aliphatic rings. The molecule has 0 aliphatic carbocycles. The molecule has 7 nitrogen and oxygen atoms in total. The second-order valence-electron chi connectivity index (χ2n) is 7.40. The molecule has 0 atom stereocenters. The Morgan fingerprint density at radius 1 is 1.16 bits per heavy atom. The normalized spacial score (nSPS) is 12.7. The number of unbranched alkanes of at least 4 members (excludes halogenated alkanes) is 1. The highest BCUT2D eigenvalue weighted by atomic mass is 32.2. The number of rotatable bonds is 8. The number of aromatic nitrogens is 1. The number of sulfonamides is 1. The zero-order valence-corrected chi connectivity index (χ0v) is 19.6. The minimum absolute atomic E-state index is 0.186. The van der Waals surface area contributed by atoms with Gasteiger partial charge in [0.25, 0.3) is 5.91 Å². The lowest BCUT2D eigenvalue weighted by Crippen LogP contribution is -2.31. The first kappa shape index (κ1) is 22.4. The van der Waals surface area contributed by atoms with E-state index < -0.39 is 10.0 Å². The third kappa shape index (κ3) is 4.41. The van der Waals surface area contributed by atoms with Crippen molar-refractivity contribution in [1.82, 2.24) is 9.29 Å². The van der Waals surface area contributed by atoms with Crippen LogP contribution in [-0.2, 0) is 16.6 Å². The number of nitrogens with one attached hydrogen (secondary N) is 1. The molecule has 168 valence electrons. The van der Waals surface area contributed by atoms with Crippen molar-refractivity contribution in [3.05, 3.63) is 59.0 Å². The Morgan fingerprint density at radius 3 is 2.62 bits per heavy atom. The van der Waals surface area contributed by atoms with Crippen LogP contribution in [0.5, 0.6) is 5.75 Å². The van der Waals surface area contributed by atoms with E-state index in [0.717, 1.165) is 34.7 Å². The van der Waals surface area contributed by atoms with E-state index in [0.29, 0.717) is 30.4 Å². The van der Waals surface area contributed by atoms with Crippen molar-refractivity contribution in [2.24, 2.45) is 0 Å². The van der Waals surface area contributed by atoms with Crippen molar-refractivity contribution in [1.29, 1.82) is 0 Å². The van der Waals surface area contributed by atoms with Gasteiger partial charge in [-0.15, -0.1) is 0 Å². The summed E-state index contributed by atoms with van der Waals surface area (Å²) in [6, 6.07) is 13.7. The number of ether oxygens (including phenoxy) is 1. The molecule has 0 fully saturated rings. The molecule has 2 heterocycles. The number of benzene rings is 2. The minimum atomic E-state index is -3.58. The molecule has 0 saturated heterocycles. The Bertz CT molecular complexity index is 1220. The summed E-state index contributed by atoms with van der Waals surface area (Å²) in [7, 11) is -3.58. The highest BCUT2D eigenvalue weighted by Crippen LogP contribution is 2.40. The zero-order valence-electron chi connectivity index (χ0n) is 18.0. The molecule has 3 aromatic rings. The van der Waals surface area contributed by atoms with Gasteiger partial charge in [-0.2, -0.15) is 4.31 Å². The largest absolute Gasteiger partial charge is 0.487 e. The highest BCUT2D eigenvalue weighted by Gasteiger charge is 2.24. The van der Waals surface area contributed by atoms with Gasteiger partial charge in [-0.3, -0.25) is 10.1 Å². The van der Waals surface area contributed by atoms with Gasteiger partial charge in [-0.1, -0.05) is 43.7 Å². The lowest BCUT2D eigenvalue weighted by molar-refractivity contribution is 0.102. The number of amides is 1. The Labute approximate surface area is 192 Å². The van der Waals surface area contributed by atoms with Crippen LogP contribution in [0.4, 0.5) is 5.13 Å². The first-order valence-corrected chi connectivity index (χ1v) is 12.8. The lowest BCUT2D eigenvalue weighted by Gasteiger charge is -2.20. The fourth-order valence-corrected chi connectivity index (χ4v) is 5.90. The molecule has 0 unspecified atom stereocenters. The van der Waals surface area contributed by atoms with Crippen LogP contribution in [0.2, 0.25) is 0 Å². The first-order valence-electron chi connectivity index (χ1n) is 10.6. The summed E-state index contributed by atoms with van der Waals surface area (Å²) >= 11 is 1.37. The van der Waals surface area contributed by atoms with Gasteiger partial charge in [0, 0.05) is 24.2 Å². The number of nitrogens with zero attached hydrogens (tertiary/aromatic N) is 2. The molecular formula is C23H25N3O4S2. The van der Waals surface area contributed by atoms with Crippen molar-refractivity contribution in [3.63, 3.8) is 0 Å². The predicted molar refractivity (Wildman–Crippen MR) is 126 cm³/mol. The SMILES string of the molecule is CCCCN(CC)S(=O)(=O)c1ccc(C(=O)Nc2nc3c(s2)COc2ccccc2-3)cc1. The third-order valence-corrected chi connectivity index (χ3v) is 8.22. The number of hydrogen-bond acceptors (Lipinski definition) is 6. The summed E-state index contributed by atoms with van der Waals surface area (Å²) in [5, 5.41) is 3.30. The van der Waals surface area contributed by atoms with Crippen LogP contribution in [0.25, 0.3) is 11.3 Å². The number of anilines is 1. The van der Waals surface area contributed by atoms with Crippen molar-refractivity contribution >= 4 is 32.4 Å². The first-order chi connectivity index (χ1) is 15.4. The van der Waals surface area contributed by atoms with Crippen molar-refractivity contribution in [3.8, 4) is 17.0 Å². The third-order valence-electron chi connectivity index (χ3n) is 5.29. The molecule has 1 aromatic heterocycles. The molecular weight excluding hydrogens is 446 g/mol. The van der Waals surface area contributed by atoms with Gasteiger partial charge >= 0.3 is 0 Å². The maximum Gasteiger partial charge on any atom is 0.257 e. The predicted octanol–water partition coefficient (Wildman–Crippen LogP) is 4.77. The Kier molecular flexibility index (Phi) is 6.59. The van der Waals surface area contributed by atoms with Crippen LogP contribution in [0.3, 0.4) is 0 Å². The second-order valence-corrected chi connectivity index (χ2v) is 10.4. The average molecular weight is 472 g/mol. The Morgan fingerprint density at radius 2 is 1.91 bits per heavy atom. The van der Waals surface area contributed by atoms with E-state index in [4.69, 9.17) is 4.74 Å². The van der Waals surface area contributed by atoms with E-state index in [1.807, 2.05) is 38.1 Å². The maximum absolute atomic E-state index is 12.9. The zero-order chi connectivity index (χ0) is 22.7. The topological polar surface area (TPSA) is 88.6 Å². The number of fused-ring (bicyclic) bond motifs is 3. The van der Waals surface area contributed by atoms with Gasteiger partial charge < -0.3 is 4.74 Å². The summed E-state index contributed by atoms with van der Waals surface area (Å²) in [6.07, 6.45) is 1.73. The second kappa shape index (κ2) is 9.40. The summed E-state index contributed by atoms with van der Waals surface area (Å²) in [6.45, 7) is 5.16. The molecule has 9 heteroatoms. The molecule has 2 aromatic carbocycles. The average Bonchev–Trinajstić information content (AvgIpc) is 3.22. The van der Waals surface area contributed by atoms with E-state index in [1.54, 1.807) is 0 Å². The van der Waals surface area contributed by atoms with Gasteiger partial charge in [0.05, 0.1) is 15.5 Å².